The summed E-state index contributed by atoms with van der Waals surface area (Å²) < 4.78 is 2.19. The monoisotopic (exact) mass is 277 g/mol. The van der Waals surface area contributed by atoms with Crippen molar-refractivity contribution in [3.8, 4) is 0 Å². The van der Waals surface area contributed by atoms with Gasteiger partial charge >= 0.3 is 6.03 Å². The van der Waals surface area contributed by atoms with Gasteiger partial charge in [-0.3, -0.25) is 0 Å². The Labute approximate surface area is 121 Å². The van der Waals surface area contributed by atoms with E-state index in [1.807, 2.05) is 0 Å². The van der Waals surface area contributed by atoms with E-state index in [9.17, 15) is 4.79 Å². The number of nitrogens with zero attached hydrogens (tertiary/aromatic N) is 1. The molecule has 0 aromatic carbocycles. The van der Waals surface area contributed by atoms with Gasteiger partial charge in [0.2, 0.25) is 0 Å². The maximum absolute atomic E-state index is 11.8. The number of carbonyl (C=O) groups is 1. The van der Waals surface area contributed by atoms with Crippen LogP contribution in [0.15, 0.2) is 6.07 Å². The highest BCUT2D eigenvalue weighted by Gasteiger charge is 2.15. The lowest BCUT2D eigenvalue weighted by Gasteiger charge is -2.22. The van der Waals surface area contributed by atoms with Gasteiger partial charge in [-0.15, -0.1) is 0 Å². The Morgan fingerprint density at radius 1 is 1.30 bits per heavy atom. The molecule has 2 rings (SSSR count). The number of hydrogen-bond donors (Lipinski definition) is 2. The van der Waals surface area contributed by atoms with Crippen LogP contribution in [0.5, 0.6) is 0 Å². The molecule has 2 N–H and O–H groups in total. The predicted octanol–water partition coefficient (Wildman–Crippen LogP) is 2.82. The van der Waals surface area contributed by atoms with Crippen molar-refractivity contribution >= 4 is 6.03 Å². The van der Waals surface area contributed by atoms with Crippen LogP contribution in [-0.4, -0.2) is 23.2 Å². The number of aromatic nitrogens is 1. The van der Waals surface area contributed by atoms with E-state index in [-0.39, 0.29) is 6.03 Å². The summed E-state index contributed by atoms with van der Waals surface area (Å²) in [6, 6.07) is 2.57. The van der Waals surface area contributed by atoms with E-state index in [1.165, 1.54) is 36.2 Å². The maximum Gasteiger partial charge on any atom is 0.315 e. The van der Waals surface area contributed by atoms with Gasteiger partial charge in [-0.1, -0.05) is 19.3 Å². The fraction of sp³-hybridized carbons (Fsp3) is 0.688. The van der Waals surface area contributed by atoms with Crippen LogP contribution in [0.2, 0.25) is 0 Å². The molecule has 0 spiro atoms. The first-order chi connectivity index (χ1) is 9.58. The molecule has 0 unspecified atom stereocenters. The summed E-state index contributed by atoms with van der Waals surface area (Å²) >= 11 is 0. The number of nitrogens with one attached hydrogen (secondary N) is 2. The SMILES string of the molecule is Cc1cc(CCNC(=O)NC2CCCCC2)c(C)n1C. The van der Waals surface area contributed by atoms with Gasteiger partial charge in [0, 0.05) is 31.0 Å². The number of urea groups is 1. The standard InChI is InChI=1S/C16H27N3O/c1-12-11-14(13(2)19(12)3)9-10-17-16(20)18-15-7-5-4-6-8-15/h11,15H,4-10H2,1-3H3,(H2,17,18,20). The van der Waals surface area contributed by atoms with Gasteiger partial charge in [0.05, 0.1) is 0 Å². The maximum atomic E-state index is 11.8. The van der Waals surface area contributed by atoms with Crippen molar-refractivity contribution in [2.24, 2.45) is 7.05 Å². The summed E-state index contributed by atoms with van der Waals surface area (Å²) in [5.74, 6) is 0. The van der Waals surface area contributed by atoms with Crippen LogP contribution in [0.3, 0.4) is 0 Å². The molecule has 1 aromatic heterocycles. The van der Waals surface area contributed by atoms with E-state index in [1.54, 1.807) is 0 Å². The van der Waals surface area contributed by atoms with Gasteiger partial charge in [-0.25, -0.2) is 4.79 Å². The first kappa shape index (κ1) is 14.9. The molecule has 112 valence electrons. The van der Waals surface area contributed by atoms with E-state index >= 15 is 0 Å². The lowest BCUT2D eigenvalue weighted by Crippen LogP contribution is -2.43. The van der Waals surface area contributed by atoms with Gasteiger partial charge in [0.25, 0.3) is 0 Å². The molecule has 20 heavy (non-hydrogen) atoms. The number of aryl methyl sites for hydroxylation is 1. The number of carbonyl (C=O) groups excluding carboxylic acids is 1. The molecule has 0 radical (unpaired) electrons. The second-order valence-corrected chi connectivity index (χ2v) is 5.94. The van der Waals surface area contributed by atoms with Crippen LogP contribution in [0.1, 0.15) is 49.1 Å². The molecule has 0 atom stereocenters. The Bertz CT molecular complexity index is 459. The Morgan fingerprint density at radius 3 is 2.60 bits per heavy atom. The smallest absolute Gasteiger partial charge is 0.315 e. The summed E-state index contributed by atoms with van der Waals surface area (Å²) in [6.45, 7) is 4.94. The summed E-state index contributed by atoms with van der Waals surface area (Å²) in [5, 5.41) is 6.06. The molecule has 0 saturated heterocycles. The molecule has 0 bridgehead atoms. The normalized spacial score (nSPS) is 16.1. The molecule has 4 heteroatoms. The average molecular weight is 277 g/mol. The summed E-state index contributed by atoms with van der Waals surface area (Å²) in [4.78, 5) is 11.8. The third-order valence-corrected chi connectivity index (χ3v) is 4.50. The molecule has 1 aliphatic rings. The van der Waals surface area contributed by atoms with Crippen molar-refractivity contribution in [1.82, 2.24) is 15.2 Å². The fourth-order valence-corrected chi connectivity index (χ4v) is 2.98. The van der Waals surface area contributed by atoms with Crippen molar-refractivity contribution in [3.63, 3.8) is 0 Å². The highest BCUT2D eigenvalue weighted by Crippen LogP contribution is 2.17. The van der Waals surface area contributed by atoms with Gasteiger partial charge in [0.15, 0.2) is 0 Å². The third kappa shape index (κ3) is 3.78. The lowest BCUT2D eigenvalue weighted by atomic mass is 9.96. The van der Waals surface area contributed by atoms with Gasteiger partial charge < -0.3 is 15.2 Å². The van der Waals surface area contributed by atoms with E-state index in [2.05, 4.69) is 42.2 Å². The van der Waals surface area contributed by atoms with E-state index < -0.39 is 0 Å². The Balaban J connectivity index is 1.72. The molecule has 1 heterocycles. The van der Waals surface area contributed by atoms with Crippen LogP contribution in [0.25, 0.3) is 0 Å². The quantitative estimate of drug-likeness (QED) is 0.873. The van der Waals surface area contributed by atoms with Crippen molar-refractivity contribution < 1.29 is 4.79 Å². The van der Waals surface area contributed by atoms with Crippen molar-refractivity contribution in [2.45, 2.75) is 58.4 Å². The zero-order chi connectivity index (χ0) is 14.5. The van der Waals surface area contributed by atoms with E-state index in [0.29, 0.717) is 12.6 Å². The first-order valence-electron chi connectivity index (χ1n) is 7.74. The highest BCUT2D eigenvalue weighted by molar-refractivity contribution is 5.74. The zero-order valence-corrected chi connectivity index (χ0v) is 13.0. The van der Waals surface area contributed by atoms with Gasteiger partial charge in [-0.05, 0) is 44.7 Å². The Morgan fingerprint density at radius 2 is 2.00 bits per heavy atom. The highest BCUT2D eigenvalue weighted by atomic mass is 16.2. The summed E-state index contributed by atoms with van der Waals surface area (Å²) in [7, 11) is 2.08. The average Bonchev–Trinajstić information content (AvgIpc) is 2.67. The van der Waals surface area contributed by atoms with Gasteiger partial charge in [0.1, 0.15) is 0 Å². The van der Waals surface area contributed by atoms with E-state index in [4.69, 9.17) is 0 Å². The van der Waals surface area contributed by atoms with Crippen LogP contribution < -0.4 is 10.6 Å². The molecule has 1 saturated carbocycles. The van der Waals surface area contributed by atoms with Gasteiger partial charge in [-0.2, -0.15) is 0 Å². The molecule has 4 nitrogen and oxygen atoms in total. The zero-order valence-electron chi connectivity index (χ0n) is 13.0. The minimum Gasteiger partial charge on any atom is -0.352 e. The molecule has 1 fully saturated rings. The van der Waals surface area contributed by atoms with Crippen LogP contribution in [0.4, 0.5) is 4.79 Å². The number of amides is 2. The fourth-order valence-electron chi connectivity index (χ4n) is 2.98. The molecule has 1 aliphatic carbocycles. The molecular weight excluding hydrogens is 250 g/mol. The summed E-state index contributed by atoms with van der Waals surface area (Å²) in [6.07, 6.45) is 6.95. The van der Waals surface area contributed by atoms with Crippen molar-refractivity contribution in [2.75, 3.05) is 6.54 Å². The minimum atomic E-state index is -0.0118. The van der Waals surface area contributed by atoms with Crippen molar-refractivity contribution in [1.29, 1.82) is 0 Å². The van der Waals surface area contributed by atoms with Crippen molar-refractivity contribution in [3.05, 3.63) is 23.0 Å². The topological polar surface area (TPSA) is 46.1 Å². The van der Waals surface area contributed by atoms with Crippen LogP contribution >= 0.6 is 0 Å². The third-order valence-electron chi connectivity index (χ3n) is 4.50. The Kier molecular flexibility index (Phi) is 5.10. The van der Waals surface area contributed by atoms with Crippen LogP contribution in [0, 0.1) is 13.8 Å². The number of hydrogen-bond acceptors (Lipinski definition) is 1. The van der Waals surface area contributed by atoms with E-state index in [0.717, 1.165) is 19.3 Å². The first-order valence-corrected chi connectivity index (χ1v) is 7.74. The molecular formula is C16H27N3O. The lowest BCUT2D eigenvalue weighted by molar-refractivity contribution is 0.233. The second-order valence-electron chi connectivity index (χ2n) is 5.94. The molecule has 2 amide bonds. The predicted molar refractivity (Wildman–Crippen MR) is 82.0 cm³/mol. The minimum absolute atomic E-state index is 0.0118. The number of rotatable bonds is 4. The summed E-state index contributed by atoms with van der Waals surface area (Å²) in [5.41, 5.74) is 3.88. The molecule has 0 aliphatic heterocycles. The second kappa shape index (κ2) is 6.82. The largest absolute Gasteiger partial charge is 0.352 e. The Hall–Kier alpha value is -1.45. The molecule has 1 aromatic rings. The van der Waals surface area contributed by atoms with Crippen LogP contribution in [-0.2, 0) is 13.5 Å².